The van der Waals surface area contributed by atoms with Crippen molar-refractivity contribution in [3.63, 3.8) is 0 Å². The molecule has 0 saturated carbocycles. The summed E-state index contributed by atoms with van der Waals surface area (Å²) in [5.74, 6) is 0.277. The third-order valence-corrected chi connectivity index (χ3v) is 4.21. The van der Waals surface area contributed by atoms with Crippen LogP contribution < -0.4 is 10.2 Å². The molecule has 0 aliphatic carbocycles. The molecule has 0 saturated heterocycles. The molecule has 0 aliphatic rings. The van der Waals surface area contributed by atoms with E-state index in [1.54, 1.807) is 4.90 Å². The topological polar surface area (TPSA) is 58.1 Å². The normalized spacial score (nSPS) is 10.4. The number of anilines is 3. The van der Waals surface area contributed by atoms with Gasteiger partial charge in [0.2, 0.25) is 5.95 Å². The highest BCUT2D eigenvalue weighted by Gasteiger charge is 2.16. The van der Waals surface area contributed by atoms with Gasteiger partial charge in [0.1, 0.15) is 0 Å². The Labute approximate surface area is 157 Å². The molecule has 0 radical (unpaired) electrons. The largest absolute Gasteiger partial charge is 0.324 e. The molecule has 1 N–H and O–H groups in total. The van der Waals surface area contributed by atoms with Gasteiger partial charge in [-0.3, -0.25) is 4.79 Å². The highest BCUT2D eigenvalue weighted by Crippen LogP contribution is 2.23. The van der Waals surface area contributed by atoms with Crippen LogP contribution in [-0.4, -0.2) is 22.4 Å². The number of nitrogens with one attached hydrogen (secondary N) is 1. The lowest BCUT2D eigenvalue weighted by molar-refractivity contribution is 0.0987. The molecule has 0 bridgehead atoms. The first-order chi connectivity index (χ1) is 12.6. The van der Waals surface area contributed by atoms with Gasteiger partial charge in [0, 0.05) is 35.3 Å². The van der Waals surface area contributed by atoms with Gasteiger partial charge in [0.15, 0.2) is 0 Å². The highest BCUT2D eigenvalue weighted by molar-refractivity contribution is 6.30. The van der Waals surface area contributed by atoms with E-state index in [2.05, 4.69) is 15.3 Å². The van der Waals surface area contributed by atoms with Crippen molar-refractivity contribution in [2.75, 3.05) is 16.8 Å². The minimum atomic E-state index is -0.135. The third-order valence-electron chi connectivity index (χ3n) is 3.97. The van der Waals surface area contributed by atoms with Crippen LogP contribution in [-0.2, 0) is 0 Å². The Morgan fingerprint density at radius 3 is 2.46 bits per heavy atom. The van der Waals surface area contributed by atoms with Crippen molar-refractivity contribution in [1.29, 1.82) is 0 Å². The number of para-hydroxylation sites is 1. The van der Waals surface area contributed by atoms with Gasteiger partial charge in [0.25, 0.3) is 5.91 Å². The number of nitrogens with zero attached hydrogens (tertiary/aromatic N) is 3. The van der Waals surface area contributed by atoms with E-state index < -0.39 is 0 Å². The van der Waals surface area contributed by atoms with E-state index in [1.165, 1.54) is 12.4 Å². The molecule has 0 aliphatic heterocycles. The van der Waals surface area contributed by atoms with Crippen LogP contribution in [0.2, 0.25) is 5.02 Å². The maximum absolute atomic E-state index is 12.8. The molecule has 5 nitrogen and oxygen atoms in total. The first kappa shape index (κ1) is 17.9. The molecule has 0 spiro atoms. The van der Waals surface area contributed by atoms with Crippen LogP contribution in [0.1, 0.15) is 22.8 Å². The Morgan fingerprint density at radius 2 is 1.81 bits per heavy atom. The summed E-state index contributed by atoms with van der Waals surface area (Å²) in [6.07, 6.45) is 3.06. The molecule has 1 amide bonds. The zero-order valence-electron chi connectivity index (χ0n) is 14.6. The van der Waals surface area contributed by atoms with Crippen molar-refractivity contribution in [2.24, 2.45) is 0 Å². The summed E-state index contributed by atoms with van der Waals surface area (Å²) in [5.41, 5.74) is 3.14. The van der Waals surface area contributed by atoms with Crippen LogP contribution in [0.25, 0.3) is 0 Å². The summed E-state index contributed by atoms with van der Waals surface area (Å²) >= 11 is 6.03. The van der Waals surface area contributed by atoms with Crippen LogP contribution >= 0.6 is 11.6 Å². The Kier molecular flexibility index (Phi) is 5.49. The maximum Gasteiger partial charge on any atom is 0.261 e. The molecule has 1 aromatic heterocycles. The summed E-state index contributed by atoms with van der Waals surface area (Å²) in [6, 6.07) is 15.1. The molecule has 0 atom stereocenters. The van der Waals surface area contributed by atoms with E-state index in [0.29, 0.717) is 23.1 Å². The van der Waals surface area contributed by atoms with Crippen LogP contribution in [0.15, 0.2) is 60.9 Å². The van der Waals surface area contributed by atoms with E-state index in [-0.39, 0.29) is 5.91 Å². The second-order valence-corrected chi connectivity index (χ2v) is 6.20. The molecule has 3 rings (SSSR count). The average Bonchev–Trinajstić information content (AvgIpc) is 2.67. The minimum Gasteiger partial charge on any atom is -0.324 e. The number of halogens is 1. The molecule has 3 aromatic rings. The van der Waals surface area contributed by atoms with Crippen molar-refractivity contribution in [2.45, 2.75) is 13.8 Å². The van der Waals surface area contributed by atoms with Crippen molar-refractivity contribution < 1.29 is 4.79 Å². The summed E-state index contributed by atoms with van der Waals surface area (Å²) in [6.45, 7) is 4.46. The molecular formula is C20H19ClN4O. The lowest BCUT2D eigenvalue weighted by Crippen LogP contribution is -2.30. The highest BCUT2D eigenvalue weighted by atomic mass is 35.5. The standard InChI is InChI=1S/C20H19ClN4O/c1-3-25(17-7-5-4-6-8-17)19(26)15-12-22-20(23-13-15)24-18-11-16(21)10-9-14(18)2/h4-13H,3H2,1-2H3,(H,22,23,24). The Morgan fingerprint density at radius 1 is 1.12 bits per heavy atom. The smallest absolute Gasteiger partial charge is 0.261 e. The van der Waals surface area contributed by atoms with E-state index in [9.17, 15) is 4.79 Å². The van der Waals surface area contributed by atoms with E-state index in [4.69, 9.17) is 11.6 Å². The summed E-state index contributed by atoms with van der Waals surface area (Å²) in [4.78, 5) is 23.0. The van der Waals surface area contributed by atoms with Crippen LogP contribution in [0.5, 0.6) is 0 Å². The summed E-state index contributed by atoms with van der Waals surface area (Å²) in [7, 11) is 0. The number of hydrogen-bond acceptors (Lipinski definition) is 4. The SMILES string of the molecule is CCN(C(=O)c1cnc(Nc2cc(Cl)ccc2C)nc1)c1ccccc1. The number of aryl methyl sites for hydroxylation is 1. The predicted molar refractivity (Wildman–Crippen MR) is 105 cm³/mol. The quantitative estimate of drug-likeness (QED) is 0.701. The Hall–Kier alpha value is -2.92. The van der Waals surface area contributed by atoms with Crippen molar-refractivity contribution >= 4 is 34.8 Å². The summed E-state index contributed by atoms with van der Waals surface area (Å²) < 4.78 is 0. The minimum absolute atomic E-state index is 0.135. The van der Waals surface area contributed by atoms with E-state index >= 15 is 0 Å². The number of hydrogen-bond donors (Lipinski definition) is 1. The predicted octanol–water partition coefficient (Wildman–Crippen LogP) is 4.85. The van der Waals surface area contributed by atoms with Crippen molar-refractivity contribution in [1.82, 2.24) is 9.97 Å². The zero-order chi connectivity index (χ0) is 18.5. The Bertz CT molecular complexity index is 897. The second-order valence-electron chi connectivity index (χ2n) is 5.76. The van der Waals surface area contributed by atoms with Gasteiger partial charge in [-0.2, -0.15) is 0 Å². The van der Waals surface area contributed by atoms with Gasteiger partial charge in [-0.25, -0.2) is 9.97 Å². The third kappa shape index (κ3) is 4.00. The number of amides is 1. The molecule has 0 fully saturated rings. The first-order valence-electron chi connectivity index (χ1n) is 8.30. The molecule has 1 heterocycles. The fraction of sp³-hybridized carbons (Fsp3) is 0.150. The fourth-order valence-corrected chi connectivity index (χ4v) is 2.73. The first-order valence-corrected chi connectivity index (χ1v) is 8.68. The number of rotatable bonds is 5. The lowest BCUT2D eigenvalue weighted by atomic mass is 10.2. The fourth-order valence-electron chi connectivity index (χ4n) is 2.56. The number of carbonyl (C=O) groups is 1. The Balaban J connectivity index is 1.78. The lowest BCUT2D eigenvalue weighted by Gasteiger charge is -2.20. The van der Waals surface area contributed by atoms with Gasteiger partial charge in [-0.05, 0) is 43.7 Å². The summed E-state index contributed by atoms with van der Waals surface area (Å²) in [5, 5.41) is 3.75. The maximum atomic E-state index is 12.8. The van der Waals surface area contributed by atoms with Gasteiger partial charge >= 0.3 is 0 Å². The van der Waals surface area contributed by atoms with Crippen LogP contribution in [0, 0.1) is 6.92 Å². The molecule has 26 heavy (non-hydrogen) atoms. The van der Waals surface area contributed by atoms with Gasteiger partial charge in [0.05, 0.1) is 5.56 Å². The molecule has 6 heteroatoms. The average molecular weight is 367 g/mol. The van der Waals surface area contributed by atoms with Gasteiger partial charge < -0.3 is 10.2 Å². The van der Waals surface area contributed by atoms with Crippen LogP contribution in [0.3, 0.4) is 0 Å². The number of aromatic nitrogens is 2. The zero-order valence-corrected chi connectivity index (χ0v) is 15.4. The van der Waals surface area contributed by atoms with Crippen molar-refractivity contribution in [3.8, 4) is 0 Å². The van der Waals surface area contributed by atoms with Crippen molar-refractivity contribution in [3.05, 3.63) is 77.1 Å². The van der Waals surface area contributed by atoms with Crippen LogP contribution in [0.4, 0.5) is 17.3 Å². The molecule has 2 aromatic carbocycles. The number of benzene rings is 2. The van der Waals surface area contributed by atoms with Gasteiger partial charge in [-0.1, -0.05) is 35.9 Å². The molecule has 132 valence electrons. The van der Waals surface area contributed by atoms with Gasteiger partial charge in [-0.15, -0.1) is 0 Å². The van der Waals surface area contributed by atoms with E-state index in [1.807, 2.05) is 62.4 Å². The van der Waals surface area contributed by atoms with E-state index in [0.717, 1.165) is 16.9 Å². The monoisotopic (exact) mass is 366 g/mol. The molecule has 0 unspecified atom stereocenters. The number of carbonyl (C=O) groups excluding carboxylic acids is 1. The molecular weight excluding hydrogens is 348 g/mol. The second kappa shape index (κ2) is 7.97.